The summed E-state index contributed by atoms with van der Waals surface area (Å²) >= 11 is 7.80. The normalized spacial score (nSPS) is 19.7. The minimum absolute atomic E-state index is 0.136. The molecule has 0 radical (unpaired) electrons. The van der Waals surface area contributed by atoms with E-state index in [9.17, 15) is 9.59 Å². The van der Waals surface area contributed by atoms with Crippen molar-refractivity contribution >= 4 is 41.0 Å². The number of hydrogen-bond donors (Lipinski definition) is 0. The molecule has 172 valence electrons. The number of carbonyl (C=O) groups is 2. The second-order valence-electron chi connectivity index (χ2n) is 8.12. The summed E-state index contributed by atoms with van der Waals surface area (Å²) in [6.07, 6.45) is 1.72. The Hall–Kier alpha value is -2.57. The summed E-state index contributed by atoms with van der Waals surface area (Å²) in [6.45, 7) is 4.36. The van der Waals surface area contributed by atoms with Crippen LogP contribution in [0.4, 0.5) is 0 Å². The molecule has 0 saturated heterocycles. The molecule has 0 N–H and O–H groups in total. The van der Waals surface area contributed by atoms with Gasteiger partial charge >= 0.3 is 11.9 Å². The molecule has 2 heterocycles. The van der Waals surface area contributed by atoms with Gasteiger partial charge in [0.25, 0.3) is 0 Å². The quantitative estimate of drug-likeness (QED) is 0.263. The van der Waals surface area contributed by atoms with Crippen molar-refractivity contribution < 1.29 is 19.1 Å². The number of cyclic esters (lactones) is 1. The fraction of sp³-hybridized carbons (Fsp3) is 0.346. The summed E-state index contributed by atoms with van der Waals surface area (Å²) in [5.41, 5.74) is 3.72. The molecule has 4 rings (SSSR count). The van der Waals surface area contributed by atoms with Crippen molar-refractivity contribution in [3.8, 4) is 0 Å². The van der Waals surface area contributed by atoms with Crippen LogP contribution in [0.3, 0.4) is 0 Å². The van der Waals surface area contributed by atoms with Crippen molar-refractivity contribution in [3.63, 3.8) is 0 Å². The van der Waals surface area contributed by atoms with Gasteiger partial charge in [0, 0.05) is 27.3 Å². The summed E-state index contributed by atoms with van der Waals surface area (Å²) in [5, 5.41) is 0.693. The van der Waals surface area contributed by atoms with Crippen LogP contribution in [0.2, 0.25) is 5.02 Å². The number of rotatable bonds is 8. The van der Waals surface area contributed by atoms with Crippen LogP contribution in [0.1, 0.15) is 43.7 Å². The number of unbranched alkanes of at least 4 members (excludes halogenated alkanes) is 1. The average Bonchev–Trinajstić information content (AvgIpc) is 3.17. The molecule has 2 aliphatic heterocycles. The van der Waals surface area contributed by atoms with Crippen molar-refractivity contribution in [2.24, 2.45) is 10.9 Å². The number of halogens is 1. The van der Waals surface area contributed by atoms with Crippen LogP contribution < -0.4 is 0 Å². The molecule has 0 amide bonds. The first-order valence-corrected chi connectivity index (χ1v) is 12.4. The molecule has 33 heavy (non-hydrogen) atoms. The lowest BCUT2D eigenvalue weighted by Crippen LogP contribution is -2.35. The smallest absolute Gasteiger partial charge is 0.337 e. The lowest BCUT2D eigenvalue weighted by molar-refractivity contribution is -0.146. The van der Waals surface area contributed by atoms with Crippen LogP contribution in [0, 0.1) is 5.92 Å². The number of aliphatic imine (C=N–C) groups is 1. The van der Waals surface area contributed by atoms with Crippen molar-refractivity contribution in [2.45, 2.75) is 43.3 Å². The molecule has 0 aliphatic carbocycles. The van der Waals surface area contributed by atoms with Gasteiger partial charge in [0.2, 0.25) is 0 Å². The van der Waals surface area contributed by atoms with Crippen LogP contribution in [0.5, 0.6) is 0 Å². The second-order valence-corrected chi connectivity index (χ2v) is 9.58. The van der Waals surface area contributed by atoms with Gasteiger partial charge < -0.3 is 9.47 Å². The maximum Gasteiger partial charge on any atom is 0.337 e. The highest BCUT2D eigenvalue weighted by Crippen LogP contribution is 2.45. The Morgan fingerprint density at radius 2 is 2.06 bits per heavy atom. The van der Waals surface area contributed by atoms with E-state index < -0.39 is 17.8 Å². The zero-order valence-electron chi connectivity index (χ0n) is 18.7. The van der Waals surface area contributed by atoms with Crippen molar-refractivity contribution in [1.82, 2.24) is 0 Å². The van der Waals surface area contributed by atoms with Crippen LogP contribution >= 0.6 is 23.4 Å². The molecule has 0 spiro atoms. The highest BCUT2D eigenvalue weighted by Gasteiger charge is 2.46. The van der Waals surface area contributed by atoms with Gasteiger partial charge in [-0.3, -0.25) is 9.79 Å². The highest BCUT2D eigenvalue weighted by atomic mass is 35.5. The third-order valence-corrected chi connectivity index (χ3v) is 7.21. The van der Waals surface area contributed by atoms with Gasteiger partial charge in [0.1, 0.15) is 12.5 Å². The van der Waals surface area contributed by atoms with E-state index in [0.29, 0.717) is 34.4 Å². The van der Waals surface area contributed by atoms with E-state index in [1.807, 2.05) is 62.4 Å². The predicted molar refractivity (Wildman–Crippen MR) is 131 cm³/mol. The van der Waals surface area contributed by atoms with Gasteiger partial charge in [0.15, 0.2) is 0 Å². The molecule has 7 heteroatoms. The molecule has 0 bridgehead atoms. The first-order chi connectivity index (χ1) is 16.0. The van der Waals surface area contributed by atoms with Crippen LogP contribution in [0.15, 0.2) is 69.7 Å². The number of nitrogens with zero attached hydrogens (tertiary/aromatic N) is 1. The number of esters is 2. The zero-order chi connectivity index (χ0) is 23.4. The third-order valence-electron chi connectivity index (χ3n) is 5.81. The first kappa shape index (κ1) is 23.6. The number of carbonyl (C=O) groups excluding carboxylic acids is 2. The number of benzene rings is 2. The lowest BCUT2D eigenvalue weighted by Gasteiger charge is -2.30. The predicted octanol–water partition coefficient (Wildman–Crippen LogP) is 5.96. The molecule has 2 aliphatic rings. The van der Waals surface area contributed by atoms with Gasteiger partial charge in [-0.25, -0.2) is 4.79 Å². The lowest BCUT2D eigenvalue weighted by atomic mass is 9.76. The van der Waals surface area contributed by atoms with Gasteiger partial charge in [-0.2, -0.15) is 0 Å². The van der Waals surface area contributed by atoms with Gasteiger partial charge in [-0.1, -0.05) is 55.3 Å². The average molecular weight is 484 g/mol. The maximum atomic E-state index is 13.2. The maximum absolute atomic E-state index is 13.2. The number of hydrogen-bond acceptors (Lipinski definition) is 6. The molecule has 0 fully saturated rings. The van der Waals surface area contributed by atoms with Crippen LogP contribution in [0.25, 0.3) is 0 Å². The Bertz CT molecular complexity index is 1130. The largest absolute Gasteiger partial charge is 0.465 e. The Labute approximate surface area is 203 Å². The van der Waals surface area contributed by atoms with E-state index in [1.165, 1.54) is 0 Å². The van der Waals surface area contributed by atoms with Crippen molar-refractivity contribution in [2.75, 3.05) is 13.2 Å². The van der Waals surface area contributed by atoms with Gasteiger partial charge in [0.05, 0.1) is 17.9 Å². The molecule has 0 aromatic heterocycles. The fourth-order valence-electron chi connectivity index (χ4n) is 4.20. The monoisotopic (exact) mass is 483 g/mol. The van der Waals surface area contributed by atoms with E-state index in [0.717, 1.165) is 28.9 Å². The Balaban J connectivity index is 1.70. The Morgan fingerprint density at radius 1 is 1.24 bits per heavy atom. The van der Waals surface area contributed by atoms with E-state index in [4.69, 9.17) is 21.1 Å². The minimum atomic E-state index is -0.667. The van der Waals surface area contributed by atoms with E-state index in [-0.39, 0.29) is 12.6 Å². The summed E-state index contributed by atoms with van der Waals surface area (Å²) in [6, 6.07) is 15.6. The van der Waals surface area contributed by atoms with Crippen LogP contribution in [-0.2, 0) is 24.8 Å². The minimum Gasteiger partial charge on any atom is -0.465 e. The summed E-state index contributed by atoms with van der Waals surface area (Å²) in [5.74, 6) is -1.22. The summed E-state index contributed by atoms with van der Waals surface area (Å²) in [4.78, 5) is 31.5. The highest BCUT2D eigenvalue weighted by molar-refractivity contribution is 7.98. The number of thioether (sulfide) groups is 1. The SMILES string of the molecule is CCCCOC(=O)C1C(C)=NC2=C(C(=O)OC2)C1c1ccccc1SCc1cccc(Cl)c1. The van der Waals surface area contributed by atoms with Crippen LogP contribution in [-0.4, -0.2) is 30.9 Å². The van der Waals surface area contributed by atoms with Crippen molar-refractivity contribution in [3.05, 3.63) is 76.0 Å². The molecule has 2 unspecified atom stereocenters. The standard InChI is InChI=1S/C26H26ClNO4S/c1-3-4-12-31-25(29)22-16(2)28-20-14-32-26(30)24(20)23(22)19-10-5-6-11-21(19)33-15-17-8-7-9-18(27)13-17/h5-11,13,22-23H,3-4,12,14-15H2,1-2H3. The second kappa shape index (κ2) is 10.6. The molecule has 2 aromatic rings. The van der Waals surface area contributed by atoms with E-state index >= 15 is 0 Å². The Morgan fingerprint density at radius 3 is 2.85 bits per heavy atom. The fourth-order valence-corrected chi connectivity index (χ4v) is 5.45. The molecule has 5 nitrogen and oxygen atoms in total. The number of ether oxygens (including phenoxy) is 2. The molecule has 0 saturated carbocycles. The van der Waals surface area contributed by atoms with E-state index in [2.05, 4.69) is 4.99 Å². The summed E-state index contributed by atoms with van der Waals surface area (Å²) < 4.78 is 10.9. The molecular formula is C26H26ClNO4S. The van der Waals surface area contributed by atoms with Gasteiger partial charge in [-0.05, 0) is 42.7 Å². The topological polar surface area (TPSA) is 65.0 Å². The van der Waals surface area contributed by atoms with Gasteiger partial charge in [-0.15, -0.1) is 11.8 Å². The van der Waals surface area contributed by atoms with E-state index in [1.54, 1.807) is 11.8 Å². The molecule has 2 aromatic carbocycles. The van der Waals surface area contributed by atoms with Crippen molar-refractivity contribution in [1.29, 1.82) is 0 Å². The third kappa shape index (κ3) is 5.17. The Kier molecular flexibility index (Phi) is 7.56. The molecular weight excluding hydrogens is 458 g/mol. The zero-order valence-corrected chi connectivity index (χ0v) is 20.2. The summed E-state index contributed by atoms with van der Waals surface area (Å²) in [7, 11) is 0. The molecule has 2 atom stereocenters. The first-order valence-electron chi connectivity index (χ1n) is 11.1.